The molecule has 4 rings (SSSR count). The van der Waals surface area contributed by atoms with Gasteiger partial charge < -0.3 is 25.0 Å². The first-order valence-electron chi connectivity index (χ1n) is 6.91. The molecule has 0 amide bonds. The number of phosphoric acid groups is 1. The Morgan fingerprint density at radius 2 is 2.29 bits per heavy atom. The maximum absolute atomic E-state index is 11.5. The van der Waals surface area contributed by atoms with E-state index in [4.69, 9.17) is 19.5 Å². The number of aliphatic hydroxyl groups excluding tert-OH is 1. The summed E-state index contributed by atoms with van der Waals surface area (Å²) in [6, 6.07) is 1.99. The normalized spacial score (nSPS) is 35.7. The summed E-state index contributed by atoms with van der Waals surface area (Å²) in [4.78, 5) is 17.3. The Hall–Kier alpha value is -2.06. The molecule has 2 saturated heterocycles. The van der Waals surface area contributed by atoms with Gasteiger partial charge in [0.15, 0.2) is 6.23 Å². The van der Waals surface area contributed by atoms with Crippen LogP contribution in [0.2, 0.25) is 0 Å². The zero-order chi connectivity index (χ0) is 17.1. The second-order valence-electron chi connectivity index (χ2n) is 5.41. The van der Waals surface area contributed by atoms with Gasteiger partial charge in [-0.3, -0.25) is 9.05 Å². The van der Waals surface area contributed by atoms with E-state index in [0.717, 1.165) is 0 Å². The summed E-state index contributed by atoms with van der Waals surface area (Å²) in [5.74, 6) is 0.125. The minimum atomic E-state index is -4.22. The molecule has 5 atom stereocenters. The van der Waals surface area contributed by atoms with Crippen molar-refractivity contribution in [3.63, 3.8) is 0 Å². The third-order valence-corrected chi connectivity index (χ3v) is 4.98. The van der Waals surface area contributed by atoms with Gasteiger partial charge in [-0.25, -0.2) is 14.5 Å². The number of nitrogens with zero attached hydrogens (tertiary/aromatic N) is 4. The van der Waals surface area contributed by atoms with Gasteiger partial charge in [-0.15, -0.1) is 0 Å². The molecule has 2 aliphatic heterocycles. The van der Waals surface area contributed by atoms with E-state index in [-0.39, 0.29) is 18.0 Å². The minimum absolute atomic E-state index is 0.125. The van der Waals surface area contributed by atoms with Crippen molar-refractivity contribution < 1.29 is 28.3 Å². The average molecular weight is 353 g/mol. The number of hydrogen-bond donors (Lipinski definition) is 3. The van der Waals surface area contributed by atoms with Crippen LogP contribution in [0, 0.1) is 11.3 Å². The predicted octanol–water partition coefficient (Wildman–Crippen LogP) is -0.341. The maximum Gasteiger partial charge on any atom is 0.472 e. The highest BCUT2D eigenvalue weighted by molar-refractivity contribution is 7.47. The lowest BCUT2D eigenvalue weighted by Crippen LogP contribution is -2.39. The van der Waals surface area contributed by atoms with E-state index < -0.39 is 32.4 Å². The van der Waals surface area contributed by atoms with Crippen LogP contribution in [0.4, 0.5) is 5.82 Å². The summed E-state index contributed by atoms with van der Waals surface area (Å²) in [6.45, 7) is -0.201. The van der Waals surface area contributed by atoms with Crippen molar-refractivity contribution in [2.75, 3.05) is 12.3 Å². The molecular weight excluding hydrogens is 341 g/mol. The number of fused-ring (bicyclic) bond motifs is 2. The van der Waals surface area contributed by atoms with Crippen molar-refractivity contribution >= 4 is 24.7 Å². The van der Waals surface area contributed by atoms with Gasteiger partial charge in [0.05, 0.1) is 17.6 Å². The van der Waals surface area contributed by atoms with E-state index in [2.05, 4.69) is 9.97 Å². The van der Waals surface area contributed by atoms with Crippen LogP contribution in [0.25, 0.3) is 11.0 Å². The van der Waals surface area contributed by atoms with E-state index in [1.165, 1.54) is 17.1 Å². The van der Waals surface area contributed by atoms with Gasteiger partial charge in [-0.2, -0.15) is 5.26 Å². The maximum atomic E-state index is 11.5. The second kappa shape index (κ2) is 5.22. The lowest BCUT2D eigenvalue weighted by atomic mass is 10.1. The van der Waals surface area contributed by atoms with Gasteiger partial charge in [0, 0.05) is 6.20 Å². The quantitative estimate of drug-likeness (QED) is 0.577. The number of rotatable bonds is 1. The summed E-state index contributed by atoms with van der Waals surface area (Å²) in [7, 11) is -4.22. The number of nitrogens with two attached hydrogens (primary N) is 1. The SMILES string of the molecule is N#Cc1cn([C@@H]2O[C@@H]3COP(=O)(O)O[C@H]3[C@H]2O)c2ncnc(N)c12. The Bertz CT molecular complexity index is 909. The van der Waals surface area contributed by atoms with E-state index in [1.54, 1.807) is 0 Å². The first-order valence-corrected chi connectivity index (χ1v) is 8.41. The van der Waals surface area contributed by atoms with Crippen molar-refractivity contribution in [2.45, 2.75) is 24.5 Å². The van der Waals surface area contributed by atoms with Crippen LogP contribution in [-0.2, 0) is 18.3 Å². The number of ether oxygens (including phenoxy) is 1. The zero-order valence-electron chi connectivity index (χ0n) is 12.0. The summed E-state index contributed by atoms with van der Waals surface area (Å²) in [6.07, 6.45) is -1.37. The molecule has 0 aliphatic carbocycles. The molecule has 2 fully saturated rings. The summed E-state index contributed by atoms with van der Waals surface area (Å²) >= 11 is 0. The Morgan fingerprint density at radius 3 is 3.04 bits per heavy atom. The third kappa shape index (κ3) is 2.21. The molecule has 2 aromatic rings. The van der Waals surface area contributed by atoms with Gasteiger partial charge in [-0.1, -0.05) is 0 Å². The second-order valence-corrected chi connectivity index (χ2v) is 6.82. The number of aliphatic hydroxyl groups is 1. The number of nitrogen functional groups attached to an aromatic ring is 1. The number of nitriles is 1. The van der Waals surface area contributed by atoms with E-state index in [9.17, 15) is 19.8 Å². The molecule has 2 aliphatic rings. The van der Waals surface area contributed by atoms with E-state index in [1.807, 2.05) is 6.07 Å². The lowest BCUT2D eigenvalue weighted by Gasteiger charge is -2.27. The highest BCUT2D eigenvalue weighted by atomic mass is 31.2. The van der Waals surface area contributed by atoms with Crippen LogP contribution in [0.3, 0.4) is 0 Å². The molecular formula is C12H12N5O6P. The number of anilines is 1. The molecule has 4 N–H and O–H groups in total. The molecule has 11 nitrogen and oxygen atoms in total. The Labute approximate surface area is 134 Å². The standard InChI is InChI=1S/C12H12N5O6P/c13-1-5-2-17(11-7(5)10(14)15-4-16-11)12-8(18)9-6(22-12)3-21-24(19,20)23-9/h2,4,6,8-9,12,18H,3H2,(H,19,20)(H2,14,15,16)/t6-,8-,9-,12-/m1/s1. The fourth-order valence-corrected chi connectivity index (χ4v) is 3.92. The monoisotopic (exact) mass is 353 g/mol. The molecule has 126 valence electrons. The van der Waals surface area contributed by atoms with Crippen molar-refractivity contribution in [2.24, 2.45) is 0 Å². The Morgan fingerprint density at radius 1 is 1.50 bits per heavy atom. The van der Waals surface area contributed by atoms with E-state index in [0.29, 0.717) is 11.0 Å². The van der Waals surface area contributed by atoms with Crippen molar-refractivity contribution in [1.82, 2.24) is 14.5 Å². The molecule has 0 spiro atoms. The van der Waals surface area contributed by atoms with Gasteiger partial charge in [0.25, 0.3) is 0 Å². The smallest absolute Gasteiger partial charge is 0.386 e. The minimum Gasteiger partial charge on any atom is -0.386 e. The van der Waals surface area contributed by atoms with Gasteiger partial charge in [0.2, 0.25) is 0 Å². The summed E-state index contributed by atoms with van der Waals surface area (Å²) < 4.78 is 28.2. The number of phosphoric ester groups is 1. The zero-order valence-corrected chi connectivity index (χ0v) is 12.9. The summed E-state index contributed by atoms with van der Waals surface area (Å²) in [5, 5.41) is 20.1. The molecule has 0 aromatic carbocycles. The number of aromatic nitrogens is 3. The van der Waals surface area contributed by atoms with Crippen LogP contribution in [0.1, 0.15) is 11.8 Å². The van der Waals surface area contributed by atoms with Crippen molar-refractivity contribution in [3.05, 3.63) is 18.1 Å². The van der Waals surface area contributed by atoms with Crippen molar-refractivity contribution in [3.8, 4) is 6.07 Å². The predicted molar refractivity (Wildman–Crippen MR) is 77.2 cm³/mol. The molecule has 1 unspecified atom stereocenters. The molecule has 4 heterocycles. The molecule has 24 heavy (non-hydrogen) atoms. The van der Waals surface area contributed by atoms with Crippen molar-refractivity contribution in [1.29, 1.82) is 5.26 Å². The lowest BCUT2D eigenvalue weighted by molar-refractivity contribution is -0.0663. The fraction of sp³-hybridized carbons (Fsp3) is 0.417. The van der Waals surface area contributed by atoms with Crippen LogP contribution in [0.5, 0.6) is 0 Å². The molecule has 0 bridgehead atoms. The topological polar surface area (TPSA) is 166 Å². The fourth-order valence-electron chi connectivity index (χ4n) is 2.95. The molecule has 0 radical (unpaired) electrons. The van der Waals surface area contributed by atoms with Crippen LogP contribution < -0.4 is 5.73 Å². The number of hydrogen-bond acceptors (Lipinski definition) is 9. The molecule has 0 saturated carbocycles. The molecule has 12 heteroatoms. The first kappa shape index (κ1) is 15.5. The van der Waals surface area contributed by atoms with E-state index >= 15 is 0 Å². The Kier molecular flexibility index (Phi) is 3.36. The van der Waals surface area contributed by atoms with Gasteiger partial charge >= 0.3 is 7.82 Å². The third-order valence-electron chi connectivity index (χ3n) is 4.00. The first-order chi connectivity index (χ1) is 11.4. The highest BCUT2D eigenvalue weighted by Crippen LogP contribution is 2.52. The van der Waals surface area contributed by atoms with Crippen LogP contribution >= 0.6 is 7.82 Å². The summed E-state index contributed by atoms with van der Waals surface area (Å²) in [5.41, 5.74) is 6.32. The molecule has 2 aromatic heterocycles. The Balaban J connectivity index is 1.78. The van der Waals surface area contributed by atoms with Gasteiger partial charge in [0.1, 0.15) is 42.2 Å². The average Bonchev–Trinajstić information content (AvgIpc) is 3.06. The largest absolute Gasteiger partial charge is 0.472 e. The van der Waals surface area contributed by atoms with Crippen LogP contribution in [0.15, 0.2) is 12.5 Å². The van der Waals surface area contributed by atoms with Gasteiger partial charge in [-0.05, 0) is 0 Å². The highest BCUT2D eigenvalue weighted by Gasteiger charge is 2.52. The van der Waals surface area contributed by atoms with Crippen LogP contribution in [-0.4, -0.2) is 49.5 Å².